The number of benzene rings is 1. The first-order valence-corrected chi connectivity index (χ1v) is 7.14. The van der Waals surface area contributed by atoms with E-state index >= 15 is 0 Å². The number of nitrogens with zero attached hydrogens (tertiary/aromatic N) is 4. The fraction of sp³-hybridized carbons (Fsp3) is 0.188. The highest BCUT2D eigenvalue weighted by Crippen LogP contribution is 2.02. The molecule has 0 spiro atoms. The van der Waals surface area contributed by atoms with Crippen LogP contribution in [-0.4, -0.2) is 27.6 Å². The van der Waals surface area contributed by atoms with Crippen molar-refractivity contribution in [3.63, 3.8) is 0 Å². The fourth-order valence-corrected chi connectivity index (χ4v) is 2.18. The fourth-order valence-electron chi connectivity index (χ4n) is 2.18. The van der Waals surface area contributed by atoms with Gasteiger partial charge < -0.3 is 10.6 Å². The zero-order valence-electron chi connectivity index (χ0n) is 12.8. The maximum absolute atomic E-state index is 4.22. The molecule has 7 heteroatoms. The van der Waals surface area contributed by atoms with Gasteiger partial charge in [0.15, 0.2) is 17.4 Å². The van der Waals surface area contributed by atoms with Crippen LogP contribution in [0.5, 0.6) is 0 Å². The van der Waals surface area contributed by atoms with Crippen molar-refractivity contribution in [2.24, 2.45) is 4.99 Å². The van der Waals surface area contributed by atoms with E-state index in [-0.39, 0.29) is 24.0 Å². The molecular formula is C16H19IN6. The summed E-state index contributed by atoms with van der Waals surface area (Å²) >= 11 is 0. The van der Waals surface area contributed by atoms with E-state index in [1.54, 1.807) is 7.05 Å². The maximum Gasteiger partial charge on any atom is 0.191 e. The molecule has 2 aromatic heterocycles. The highest BCUT2D eigenvalue weighted by atomic mass is 127. The third-order valence-corrected chi connectivity index (χ3v) is 3.32. The molecule has 2 N–H and O–H groups in total. The molecule has 0 aliphatic heterocycles. The molecule has 0 saturated heterocycles. The number of hydrogen-bond donors (Lipinski definition) is 2. The Morgan fingerprint density at radius 2 is 1.74 bits per heavy atom. The smallest absolute Gasteiger partial charge is 0.191 e. The van der Waals surface area contributed by atoms with Gasteiger partial charge in [0, 0.05) is 19.8 Å². The summed E-state index contributed by atoms with van der Waals surface area (Å²) in [5, 5.41) is 14.8. The molecule has 23 heavy (non-hydrogen) atoms. The van der Waals surface area contributed by atoms with Gasteiger partial charge in [-0.1, -0.05) is 36.4 Å². The zero-order chi connectivity index (χ0) is 15.2. The van der Waals surface area contributed by atoms with Crippen LogP contribution in [0.3, 0.4) is 0 Å². The van der Waals surface area contributed by atoms with Gasteiger partial charge in [-0.3, -0.25) is 9.39 Å². The number of aliphatic imine (C=N–C) groups is 1. The third kappa shape index (κ3) is 4.41. The van der Waals surface area contributed by atoms with Crippen LogP contribution in [0.15, 0.2) is 59.7 Å². The second-order valence-corrected chi connectivity index (χ2v) is 4.81. The molecule has 3 rings (SSSR count). The molecule has 120 valence electrons. The van der Waals surface area contributed by atoms with Crippen molar-refractivity contribution in [1.82, 2.24) is 25.2 Å². The molecule has 0 radical (unpaired) electrons. The molecule has 0 aliphatic carbocycles. The number of hydrogen-bond acceptors (Lipinski definition) is 3. The Balaban J connectivity index is 0.00000192. The van der Waals surface area contributed by atoms with E-state index in [1.807, 2.05) is 47.0 Å². The Kier molecular flexibility index (Phi) is 6.33. The van der Waals surface area contributed by atoms with E-state index in [9.17, 15) is 0 Å². The average molecular weight is 422 g/mol. The molecule has 3 aromatic rings. The molecule has 0 saturated carbocycles. The van der Waals surface area contributed by atoms with Gasteiger partial charge in [0.05, 0.1) is 6.54 Å². The SMILES string of the molecule is CN=C(NCc1ccccc1)NCc1nnc2ccccn12.I. The summed E-state index contributed by atoms with van der Waals surface area (Å²) < 4.78 is 1.96. The lowest BCUT2D eigenvalue weighted by atomic mass is 10.2. The van der Waals surface area contributed by atoms with Crippen molar-refractivity contribution in [2.45, 2.75) is 13.1 Å². The van der Waals surface area contributed by atoms with Crippen molar-refractivity contribution >= 4 is 35.6 Å². The topological polar surface area (TPSA) is 66.6 Å². The van der Waals surface area contributed by atoms with Crippen LogP contribution in [0.25, 0.3) is 5.65 Å². The van der Waals surface area contributed by atoms with Gasteiger partial charge in [0.1, 0.15) is 0 Å². The minimum atomic E-state index is 0. The van der Waals surface area contributed by atoms with Crippen molar-refractivity contribution in [2.75, 3.05) is 7.05 Å². The lowest BCUT2D eigenvalue weighted by Gasteiger charge is -2.11. The molecule has 0 aliphatic rings. The molecule has 6 nitrogen and oxygen atoms in total. The number of aromatic nitrogens is 3. The number of fused-ring (bicyclic) bond motifs is 1. The van der Waals surface area contributed by atoms with E-state index in [4.69, 9.17) is 0 Å². The van der Waals surface area contributed by atoms with E-state index in [0.29, 0.717) is 6.54 Å². The van der Waals surface area contributed by atoms with Crippen molar-refractivity contribution in [1.29, 1.82) is 0 Å². The molecular weight excluding hydrogens is 403 g/mol. The van der Waals surface area contributed by atoms with Crippen molar-refractivity contribution in [3.05, 3.63) is 66.1 Å². The van der Waals surface area contributed by atoms with Gasteiger partial charge in [0.25, 0.3) is 0 Å². The summed E-state index contributed by atoms with van der Waals surface area (Å²) in [5.74, 6) is 1.58. The quantitative estimate of drug-likeness (QED) is 0.385. The standard InChI is InChI=1S/C16H18N6.HI/c1-17-16(18-11-13-7-3-2-4-8-13)19-12-15-21-20-14-9-5-6-10-22(14)15;/h2-10H,11-12H2,1H3,(H2,17,18,19);1H. The minimum absolute atomic E-state index is 0. The predicted octanol–water partition coefficient (Wildman–Crippen LogP) is 2.21. The second kappa shape index (κ2) is 8.47. The van der Waals surface area contributed by atoms with Crippen LogP contribution >= 0.6 is 24.0 Å². The highest BCUT2D eigenvalue weighted by molar-refractivity contribution is 14.0. The van der Waals surface area contributed by atoms with Gasteiger partial charge in [-0.2, -0.15) is 0 Å². The Morgan fingerprint density at radius 3 is 2.52 bits per heavy atom. The highest BCUT2D eigenvalue weighted by Gasteiger charge is 2.05. The zero-order valence-corrected chi connectivity index (χ0v) is 15.1. The Bertz CT molecular complexity index is 768. The summed E-state index contributed by atoms with van der Waals surface area (Å²) in [6.45, 7) is 1.28. The van der Waals surface area contributed by atoms with Gasteiger partial charge >= 0.3 is 0 Å². The molecule has 2 heterocycles. The largest absolute Gasteiger partial charge is 0.352 e. The Hall–Kier alpha value is -2.16. The molecule has 1 aromatic carbocycles. The first kappa shape index (κ1) is 17.2. The van der Waals surface area contributed by atoms with Crippen LogP contribution in [0, 0.1) is 0 Å². The van der Waals surface area contributed by atoms with Crippen LogP contribution in [0.4, 0.5) is 0 Å². The van der Waals surface area contributed by atoms with Crippen LogP contribution < -0.4 is 10.6 Å². The van der Waals surface area contributed by atoms with Gasteiger partial charge in [-0.25, -0.2) is 0 Å². The number of rotatable bonds is 4. The van der Waals surface area contributed by atoms with Gasteiger partial charge in [0.2, 0.25) is 0 Å². The minimum Gasteiger partial charge on any atom is -0.352 e. The van der Waals surface area contributed by atoms with E-state index in [0.717, 1.165) is 24.0 Å². The summed E-state index contributed by atoms with van der Waals surface area (Å²) in [5.41, 5.74) is 2.05. The predicted molar refractivity (Wildman–Crippen MR) is 102 cm³/mol. The molecule has 0 amide bonds. The third-order valence-electron chi connectivity index (χ3n) is 3.32. The molecule has 0 bridgehead atoms. The van der Waals surface area contributed by atoms with Crippen LogP contribution in [-0.2, 0) is 13.1 Å². The first-order valence-electron chi connectivity index (χ1n) is 7.14. The number of guanidine groups is 1. The molecule has 0 atom stereocenters. The lowest BCUT2D eigenvalue weighted by Crippen LogP contribution is -2.36. The van der Waals surface area contributed by atoms with Crippen molar-refractivity contribution in [3.8, 4) is 0 Å². The number of halogens is 1. The van der Waals surface area contributed by atoms with Crippen LogP contribution in [0.2, 0.25) is 0 Å². The maximum atomic E-state index is 4.22. The average Bonchev–Trinajstić information content (AvgIpc) is 2.99. The Morgan fingerprint density at radius 1 is 1.00 bits per heavy atom. The first-order chi connectivity index (χ1) is 10.9. The van der Waals surface area contributed by atoms with Gasteiger partial charge in [-0.05, 0) is 17.7 Å². The van der Waals surface area contributed by atoms with E-state index < -0.39 is 0 Å². The summed E-state index contributed by atoms with van der Waals surface area (Å²) in [7, 11) is 1.75. The number of pyridine rings is 1. The second-order valence-electron chi connectivity index (χ2n) is 4.81. The van der Waals surface area contributed by atoms with Crippen LogP contribution in [0.1, 0.15) is 11.4 Å². The van der Waals surface area contributed by atoms with E-state index in [1.165, 1.54) is 5.56 Å². The summed E-state index contributed by atoms with van der Waals surface area (Å²) in [6, 6.07) is 16.0. The van der Waals surface area contributed by atoms with Gasteiger partial charge in [-0.15, -0.1) is 34.2 Å². The summed E-state index contributed by atoms with van der Waals surface area (Å²) in [4.78, 5) is 4.22. The number of nitrogens with one attached hydrogen (secondary N) is 2. The normalized spacial score (nSPS) is 11.1. The monoisotopic (exact) mass is 422 g/mol. The Labute approximate surface area is 152 Å². The van der Waals surface area contributed by atoms with E-state index in [2.05, 4.69) is 38.0 Å². The molecule has 0 unspecified atom stereocenters. The van der Waals surface area contributed by atoms with Crippen molar-refractivity contribution < 1.29 is 0 Å². The summed E-state index contributed by atoms with van der Waals surface area (Å²) in [6.07, 6.45) is 1.95. The molecule has 0 fully saturated rings. The lowest BCUT2D eigenvalue weighted by molar-refractivity contribution is 0.762.